The average molecular weight is 367 g/mol. The van der Waals surface area contributed by atoms with Crippen LogP contribution in [0.2, 0.25) is 0 Å². The summed E-state index contributed by atoms with van der Waals surface area (Å²) in [5.41, 5.74) is 1.28. The van der Waals surface area contributed by atoms with E-state index in [0.717, 1.165) is 48.3 Å². The summed E-state index contributed by atoms with van der Waals surface area (Å²) in [5, 5.41) is 11.1. The molecule has 5 aliphatic rings. The molecule has 0 radical (unpaired) electrons. The summed E-state index contributed by atoms with van der Waals surface area (Å²) in [6, 6.07) is 0. The lowest BCUT2D eigenvalue weighted by Crippen LogP contribution is -2.50. The van der Waals surface area contributed by atoms with Crippen LogP contribution >= 0.6 is 0 Å². The van der Waals surface area contributed by atoms with E-state index in [0.29, 0.717) is 11.3 Å². The Kier molecular flexibility index (Phi) is 4.33. The first-order chi connectivity index (χ1) is 12.9. The van der Waals surface area contributed by atoms with Crippen LogP contribution in [0.4, 0.5) is 0 Å². The van der Waals surface area contributed by atoms with Crippen LogP contribution in [0.15, 0.2) is 12.2 Å². The van der Waals surface area contributed by atoms with E-state index in [9.17, 15) is 5.11 Å². The first-order valence-corrected chi connectivity index (χ1v) is 11.8. The molecule has 0 aromatic carbocycles. The van der Waals surface area contributed by atoms with Crippen LogP contribution in [-0.2, 0) is 0 Å². The average Bonchev–Trinajstić information content (AvgIpc) is 3.39. The molecule has 5 saturated carbocycles. The highest BCUT2D eigenvalue weighted by Gasteiger charge is 2.57. The van der Waals surface area contributed by atoms with Gasteiger partial charge in [-0.15, -0.1) is 0 Å². The van der Waals surface area contributed by atoms with Gasteiger partial charge < -0.3 is 5.11 Å². The van der Waals surface area contributed by atoms with Crippen molar-refractivity contribution in [2.45, 2.75) is 90.1 Å². The molecule has 0 aromatic rings. The van der Waals surface area contributed by atoms with Gasteiger partial charge in [0.2, 0.25) is 0 Å². The first kappa shape index (κ1) is 18.3. The van der Waals surface area contributed by atoms with E-state index in [2.05, 4.69) is 32.3 Å². The molecule has 148 valence electrons. The van der Waals surface area contributed by atoms with Crippen molar-refractivity contribution in [3.63, 3.8) is 0 Å². The Morgan fingerprint density at radius 3 is 2.44 bits per heavy atom. The Hall–Kier alpha value is -0.740. The molecule has 1 N–H and O–H groups in total. The minimum absolute atomic E-state index is 0.519. The maximum atomic E-state index is 11.1. The van der Waals surface area contributed by atoms with Crippen molar-refractivity contribution in [1.29, 1.82) is 0 Å². The molecule has 0 spiro atoms. The molecule has 1 heteroatoms. The molecule has 5 rings (SSSR count). The lowest BCUT2D eigenvalue weighted by Gasteiger charge is -2.57. The van der Waals surface area contributed by atoms with E-state index < -0.39 is 5.60 Å². The number of hydrogen-bond acceptors (Lipinski definition) is 1. The molecular formula is C26H38O. The Balaban J connectivity index is 1.32. The van der Waals surface area contributed by atoms with Gasteiger partial charge in [0.1, 0.15) is 5.60 Å². The molecule has 5 fully saturated rings. The quantitative estimate of drug-likeness (QED) is 0.447. The molecule has 0 amide bonds. The topological polar surface area (TPSA) is 20.2 Å². The number of rotatable bonds is 1. The molecule has 0 aromatic heterocycles. The van der Waals surface area contributed by atoms with E-state index in [-0.39, 0.29) is 0 Å². The second-order valence-electron chi connectivity index (χ2n) is 11.3. The molecule has 0 aliphatic heterocycles. The molecule has 8 atom stereocenters. The molecule has 27 heavy (non-hydrogen) atoms. The minimum Gasteiger partial charge on any atom is -0.378 e. The number of hydrogen-bond donors (Lipinski definition) is 1. The van der Waals surface area contributed by atoms with E-state index in [1.54, 1.807) is 0 Å². The van der Waals surface area contributed by atoms with Gasteiger partial charge in [-0.05, 0) is 118 Å². The van der Waals surface area contributed by atoms with Crippen LogP contribution in [0.25, 0.3) is 0 Å². The minimum atomic E-state index is -0.668. The predicted octanol–water partition coefficient (Wildman–Crippen LogP) is 5.98. The van der Waals surface area contributed by atoms with Crippen LogP contribution < -0.4 is 0 Å². The Labute approximate surface area is 166 Å². The standard InChI is InChI=1S/C26H38O/c1-17(2)23-8-9-24-22-7-6-19-16-26(27,14-10-18-4-5-18)15-12-20(19)21(22)11-13-25(23,24)3/h18-24,27H,1,4-9,11-13,15-16H2,2-3H3/t19-,20+,21-,22-,23-,24+,25-,26-/m1/s1. The van der Waals surface area contributed by atoms with Gasteiger partial charge >= 0.3 is 0 Å². The van der Waals surface area contributed by atoms with Crippen molar-refractivity contribution in [3.05, 3.63) is 12.2 Å². The van der Waals surface area contributed by atoms with Gasteiger partial charge in [-0.3, -0.25) is 0 Å². The number of allylic oxidation sites excluding steroid dienone is 1. The second kappa shape index (κ2) is 6.38. The van der Waals surface area contributed by atoms with Crippen LogP contribution in [0.5, 0.6) is 0 Å². The number of fused-ring (bicyclic) bond motifs is 5. The molecule has 0 bridgehead atoms. The van der Waals surface area contributed by atoms with Gasteiger partial charge in [0.15, 0.2) is 0 Å². The van der Waals surface area contributed by atoms with Gasteiger partial charge in [0.25, 0.3) is 0 Å². The van der Waals surface area contributed by atoms with Crippen molar-refractivity contribution in [2.75, 3.05) is 0 Å². The zero-order valence-electron chi connectivity index (χ0n) is 17.5. The fourth-order valence-corrected chi connectivity index (χ4v) is 8.27. The third kappa shape index (κ3) is 3.02. The maximum absolute atomic E-state index is 11.1. The second-order valence-corrected chi connectivity index (χ2v) is 11.3. The molecule has 5 aliphatic carbocycles. The highest BCUT2D eigenvalue weighted by Crippen LogP contribution is 2.65. The van der Waals surface area contributed by atoms with E-state index in [1.807, 2.05) is 0 Å². The zero-order valence-corrected chi connectivity index (χ0v) is 17.5. The third-order valence-corrected chi connectivity index (χ3v) is 9.69. The summed E-state index contributed by atoms with van der Waals surface area (Å²) in [4.78, 5) is 0. The van der Waals surface area contributed by atoms with Gasteiger partial charge in [-0.25, -0.2) is 0 Å². The summed E-state index contributed by atoms with van der Waals surface area (Å²) in [6.07, 6.45) is 14.0. The molecule has 0 saturated heterocycles. The van der Waals surface area contributed by atoms with Crippen molar-refractivity contribution in [2.24, 2.45) is 46.8 Å². The van der Waals surface area contributed by atoms with Crippen LogP contribution in [-0.4, -0.2) is 10.7 Å². The third-order valence-electron chi connectivity index (χ3n) is 9.69. The summed E-state index contributed by atoms with van der Waals surface area (Å²) < 4.78 is 0. The van der Waals surface area contributed by atoms with Crippen molar-refractivity contribution < 1.29 is 5.11 Å². The first-order valence-electron chi connectivity index (χ1n) is 11.8. The van der Waals surface area contributed by atoms with Gasteiger partial charge in [-0.2, -0.15) is 0 Å². The highest BCUT2D eigenvalue weighted by atomic mass is 16.3. The predicted molar refractivity (Wildman–Crippen MR) is 111 cm³/mol. The summed E-state index contributed by atoms with van der Waals surface area (Å²) in [7, 11) is 0. The van der Waals surface area contributed by atoms with E-state index in [1.165, 1.54) is 63.4 Å². The Morgan fingerprint density at radius 1 is 0.926 bits per heavy atom. The highest BCUT2D eigenvalue weighted by molar-refractivity contribution is 5.21. The normalized spacial score (nSPS) is 51.4. The molecular weight excluding hydrogens is 328 g/mol. The van der Waals surface area contributed by atoms with Gasteiger partial charge in [-0.1, -0.05) is 30.9 Å². The van der Waals surface area contributed by atoms with E-state index in [4.69, 9.17) is 0 Å². The summed E-state index contributed by atoms with van der Waals surface area (Å²) in [6.45, 7) is 9.22. The van der Waals surface area contributed by atoms with Gasteiger partial charge in [0, 0.05) is 5.92 Å². The number of aliphatic hydroxyl groups is 1. The summed E-state index contributed by atoms with van der Waals surface area (Å²) >= 11 is 0. The van der Waals surface area contributed by atoms with E-state index >= 15 is 0 Å². The Morgan fingerprint density at radius 2 is 1.70 bits per heavy atom. The van der Waals surface area contributed by atoms with Crippen molar-refractivity contribution >= 4 is 0 Å². The molecule has 1 nitrogen and oxygen atoms in total. The van der Waals surface area contributed by atoms with Crippen LogP contribution in [0.3, 0.4) is 0 Å². The Bertz CT molecular complexity index is 678. The fourth-order valence-electron chi connectivity index (χ4n) is 8.27. The summed E-state index contributed by atoms with van der Waals surface area (Å²) in [5.74, 6) is 12.4. The lowest BCUT2D eigenvalue weighted by molar-refractivity contribution is -0.0872. The zero-order chi connectivity index (χ0) is 18.8. The monoisotopic (exact) mass is 366 g/mol. The lowest BCUT2D eigenvalue weighted by atomic mass is 9.49. The van der Waals surface area contributed by atoms with Crippen LogP contribution in [0, 0.1) is 58.7 Å². The maximum Gasteiger partial charge on any atom is 0.125 e. The van der Waals surface area contributed by atoms with Crippen LogP contribution in [0.1, 0.15) is 84.5 Å². The molecule has 0 heterocycles. The van der Waals surface area contributed by atoms with Gasteiger partial charge in [0.05, 0.1) is 0 Å². The molecule has 0 unspecified atom stereocenters. The van der Waals surface area contributed by atoms with Crippen molar-refractivity contribution in [3.8, 4) is 11.8 Å². The smallest absolute Gasteiger partial charge is 0.125 e. The fraction of sp³-hybridized carbons (Fsp3) is 0.846. The van der Waals surface area contributed by atoms with Crippen molar-refractivity contribution in [1.82, 2.24) is 0 Å². The SMILES string of the molecule is C=C(C)[C@H]1CC[C@H]2[C@@H]3CC[C@@H]4C[C@@](O)(C#CC5CC5)CC[C@@H]4[C@H]3CC[C@]12C. The largest absolute Gasteiger partial charge is 0.378 e.